The predicted octanol–water partition coefficient (Wildman–Crippen LogP) is 8.90. The van der Waals surface area contributed by atoms with E-state index in [4.69, 9.17) is 19.0 Å². The molecule has 7 heteroatoms. The number of pyridine rings is 1. The van der Waals surface area contributed by atoms with Gasteiger partial charge in [0.2, 0.25) is 0 Å². The first-order valence-electron chi connectivity index (χ1n) is 16.0. The van der Waals surface area contributed by atoms with E-state index >= 15 is 0 Å². The van der Waals surface area contributed by atoms with Gasteiger partial charge in [-0.15, -0.1) is 29.7 Å². The van der Waals surface area contributed by atoms with Crippen molar-refractivity contribution in [1.82, 2.24) is 9.55 Å². The molecule has 0 unspecified atom stereocenters. The predicted molar refractivity (Wildman–Crippen MR) is 189 cm³/mol. The number of nitrogens with zero attached hydrogens (tertiary/aromatic N) is 2. The average Bonchev–Trinajstić information content (AvgIpc) is 3.82. The number of ether oxygens (including phenoxy) is 1. The smallest absolute Gasteiger partial charge is 0.521 e. The molecule has 0 N–H and O–H groups in total. The van der Waals surface area contributed by atoms with Crippen LogP contribution in [0.5, 0.6) is 23.0 Å². The Bertz CT molecular complexity index is 2480. The fraction of sp³-hybridized carbons (Fsp3) is 0.0238. The zero-order valence-electron chi connectivity index (χ0n) is 25.9. The number of fused-ring (bicyclic) bond motifs is 7. The van der Waals surface area contributed by atoms with Gasteiger partial charge in [-0.25, -0.2) is 4.98 Å². The van der Waals surface area contributed by atoms with Crippen LogP contribution < -0.4 is 19.5 Å². The van der Waals surface area contributed by atoms with E-state index in [1.807, 2.05) is 54.7 Å². The zero-order chi connectivity index (χ0) is 31.6. The van der Waals surface area contributed by atoms with Crippen molar-refractivity contribution in [3.8, 4) is 39.9 Å². The van der Waals surface area contributed by atoms with Gasteiger partial charge in [0.15, 0.2) is 0 Å². The standard InChI is InChI=1S/C42H25BN2O3.Pt/c1-3-15-35-31(12-1)32-13-2-4-16-36(32)42(35)27-22-23-44-41(24-27)45-37-17-6-5-14-33(37)34-21-20-30(26-38(34)45)46-29-11-9-10-28(25-29)43-47-39-18-7-8-19-40(39)48-43;/h1-24,42H;/q-2;+2. The van der Waals surface area contributed by atoms with E-state index in [1.54, 1.807) is 0 Å². The van der Waals surface area contributed by atoms with Crippen LogP contribution >= 0.6 is 0 Å². The van der Waals surface area contributed by atoms with Crippen LogP contribution in [0, 0.1) is 12.1 Å². The Balaban J connectivity index is 0.00000325. The SMILES string of the molecule is [Pt+2].[c-]1c(Oc2[c-]c3c(cc2)c2ccccc2n3-c2cc(C3c4ccccc4-c4ccccc43)ccn2)cccc1B1Oc2ccccc2O1. The molecule has 5 nitrogen and oxygen atoms in total. The summed E-state index contributed by atoms with van der Waals surface area (Å²) in [4.78, 5) is 4.92. The van der Waals surface area contributed by atoms with Crippen molar-refractivity contribution < 1.29 is 35.1 Å². The molecule has 6 aromatic carbocycles. The minimum atomic E-state index is -0.586. The first-order chi connectivity index (χ1) is 23.8. The van der Waals surface area contributed by atoms with Crippen molar-refractivity contribution in [2.24, 2.45) is 0 Å². The van der Waals surface area contributed by atoms with E-state index in [1.165, 1.54) is 27.8 Å². The molecule has 0 atom stereocenters. The van der Waals surface area contributed by atoms with Crippen LogP contribution in [-0.2, 0) is 21.1 Å². The number of para-hydroxylation sites is 3. The first kappa shape index (κ1) is 29.6. The third-order valence-corrected chi connectivity index (χ3v) is 9.30. The van der Waals surface area contributed by atoms with Crippen molar-refractivity contribution in [1.29, 1.82) is 0 Å². The number of hydrogen-bond acceptors (Lipinski definition) is 4. The van der Waals surface area contributed by atoms with Gasteiger partial charge in [0.05, 0.1) is 0 Å². The molecule has 0 saturated heterocycles. The van der Waals surface area contributed by atoms with Gasteiger partial charge < -0.3 is 18.6 Å². The van der Waals surface area contributed by atoms with E-state index in [-0.39, 0.29) is 27.0 Å². The van der Waals surface area contributed by atoms with Crippen molar-refractivity contribution in [2.45, 2.75) is 5.92 Å². The van der Waals surface area contributed by atoms with Gasteiger partial charge in [-0.2, -0.15) is 18.2 Å². The largest absolute Gasteiger partial charge is 2.00 e. The van der Waals surface area contributed by atoms with Gasteiger partial charge in [-0.05, 0) is 63.5 Å². The monoisotopic (exact) mass is 811 g/mol. The Morgan fingerprint density at radius 3 is 2.08 bits per heavy atom. The molecule has 0 bridgehead atoms. The molecule has 0 spiro atoms. The first-order valence-corrected chi connectivity index (χ1v) is 16.0. The maximum absolute atomic E-state index is 6.38. The van der Waals surface area contributed by atoms with Crippen LogP contribution in [0.4, 0.5) is 0 Å². The molecule has 0 radical (unpaired) electrons. The second kappa shape index (κ2) is 11.8. The van der Waals surface area contributed by atoms with Crippen molar-refractivity contribution in [2.75, 3.05) is 0 Å². The molecular weight excluding hydrogens is 786 g/mol. The van der Waals surface area contributed by atoms with Gasteiger partial charge in [0, 0.05) is 29.1 Å². The van der Waals surface area contributed by atoms with E-state index in [0.29, 0.717) is 23.0 Å². The summed E-state index contributed by atoms with van der Waals surface area (Å²) in [6.45, 7) is 0. The van der Waals surface area contributed by atoms with Crippen molar-refractivity contribution >= 4 is 34.4 Å². The second-order valence-corrected chi connectivity index (χ2v) is 12.1. The second-order valence-electron chi connectivity index (χ2n) is 12.1. The van der Waals surface area contributed by atoms with Crippen LogP contribution in [-0.4, -0.2) is 16.7 Å². The number of aromatic nitrogens is 2. The van der Waals surface area contributed by atoms with Crippen LogP contribution in [0.2, 0.25) is 0 Å². The van der Waals surface area contributed by atoms with E-state index in [2.05, 4.69) is 108 Å². The number of rotatable bonds is 5. The third kappa shape index (κ3) is 4.86. The Labute approximate surface area is 298 Å². The number of benzene rings is 6. The number of hydrogen-bond donors (Lipinski definition) is 0. The van der Waals surface area contributed by atoms with Gasteiger partial charge >= 0.3 is 28.2 Å². The van der Waals surface area contributed by atoms with E-state index in [9.17, 15) is 0 Å². The molecule has 2 aromatic heterocycles. The molecule has 8 aromatic rings. The van der Waals surface area contributed by atoms with Gasteiger partial charge in [-0.1, -0.05) is 89.8 Å². The maximum atomic E-state index is 6.38. The fourth-order valence-electron chi connectivity index (χ4n) is 7.23. The molecule has 49 heavy (non-hydrogen) atoms. The Kier molecular flexibility index (Phi) is 7.14. The molecule has 234 valence electrons. The topological polar surface area (TPSA) is 45.5 Å². The van der Waals surface area contributed by atoms with E-state index in [0.717, 1.165) is 33.1 Å². The molecule has 0 amide bonds. The summed E-state index contributed by atoms with van der Waals surface area (Å²) in [5.74, 6) is 3.51. The molecule has 3 heterocycles. The van der Waals surface area contributed by atoms with Crippen LogP contribution in [0.1, 0.15) is 22.6 Å². The van der Waals surface area contributed by atoms with E-state index < -0.39 is 7.12 Å². The average molecular weight is 812 g/mol. The molecular formula is C42H25BN2O3Pt. The quantitative estimate of drug-likeness (QED) is 0.129. The Morgan fingerprint density at radius 1 is 0.633 bits per heavy atom. The Hall–Kier alpha value is -5.58. The van der Waals surface area contributed by atoms with Gasteiger partial charge in [0.25, 0.3) is 0 Å². The van der Waals surface area contributed by atoms with Crippen molar-refractivity contribution in [3.63, 3.8) is 0 Å². The Morgan fingerprint density at radius 2 is 1.31 bits per heavy atom. The molecule has 2 aliphatic rings. The molecule has 10 rings (SSSR count). The van der Waals surface area contributed by atoms with Crippen LogP contribution in [0.3, 0.4) is 0 Å². The summed E-state index contributed by atoms with van der Waals surface area (Å²) < 4.78 is 20.6. The molecule has 1 aliphatic heterocycles. The van der Waals surface area contributed by atoms with Crippen LogP contribution in [0.15, 0.2) is 146 Å². The van der Waals surface area contributed by atoms with Gasteiger partial charge in [0.1, 0.15) is 17.3 Å². The van der Waals surface area contributed by atoms with Gasteiger partial charge in [-0.3, -0.25) is 0 Å². The third-order valence-electron chi connectivity index (χ3n) is 9.30. The van der Waals surface area contributed by atoms with Crippen molar-refractivity contribution in [3.05, 3.63) is 175 Å². The summed E-state index contributed by atoms with van der Waals surface area (Å²) in [5.41, 5.74) is 9.10. The summed E-state index contributed by atoms with van der Waals surface area (Å²) in [6.07, 6.45) is 1.92. The maximum Gasteiger partial charge on any atom is 2.00 e. The van der Waals surface area contributed by atoms with Crippen LogP contribution in [0.25, 0.3) is 38.8 Å². The molecule has 0 fully saturated rings. The summed E-state index contributed by atoms with van der Waals surface area (Å²) >= 11 is 0. The minimum absolute atomic E-state index is 0. The fourth-order valence-corrected chi connectivity index (χ4v) is 7.23. The summed E-state index contributed by atoms with van der Waals surface area (Å²) in [5, 5.41) is 2.20. The zero-order valence-corrected chi connectivity index (χ0v) is 28.2. The molecule has 1 aliphatic carbocycles. The summed E-state index contributed by atoms with van der Waals surface area (Å²) in [6, 6.07) is 54.5. The summed E-state index contributed by atoms with van der Waals surface area (Å²) in [7, 11) is -0.586. The normalized spacial score (nSPS) is 12.9. The minimum Gasteiger partial charge on any atom is -0.521 e. The molecule has 0 saturated carbocycles.